The Morgan fingerprint density at radius 2 is 1.82 bits per heavy atom. The molecule has 1 unspecified atom stereocenters. The first-order valence-electron chi connectivity index (χ1n) is 9.85. The van der Waals surface area contributed by atoms with Gasteiger partial charge in [-0.15, -0.1) is 11.3 Å². The van der Waals surface area contributed by atoms with Gasteiger partial charge in [-0.1, -0.05) is 24.3 Å². The summed E-state index contributed by atoms with van der Waals surface area (Å²) in [6, 6.07) is 16.2. The first-order chi connectivity index (χ1) is 15.9. The van der Waals surface area contributed by atoms with E-state index in [-0.39, 0.29) is 17.0 Å². The summed E-state index contributed by atoms with van der Waals surface area (Å²) in [5, 5.41) is 9.92. The van der Waals surface area contributed by atoms with Crippen molar-refractivity contribution >= 4 is 34.7 Å². The number of methoxy groups -OCH3 is 2. The van der Waals surface area contributed by atoms with Crippen LogP contribution in [-0.4, -0.2) is 24.7 Å². The first-order valence-corrected chi connectivity index (χ1v) is 10.7. The Labute approximate surface area is 192 Å². The number of amides is 1. The predicted octanol–water partition coefficient (Wildman–Crippen LogP) is 0.840. The number of carbonyl (C=O) groups excluding carboxylic acids is 1. The second-order valence-electron chi connectivity index (χ2n) is 7.23. The van der Waals surface area contributed by atoms with E-state index in [1.807, 2.05) is 6.07 Å². The van der Waals surface area contributed by atoms with Crippen molar-refractivity contribution in [1.29, 1.82) is 5.26 Å². The van der Waals surface area contributed by atoms with Gasteiger partial charge >= 0.3 is 0 Å². The monoisotopic (exact) mass is 460 g/mol. The van der Waals surface area contributed by atoms with Crippen molar-refractivity contribution < 1.29 is 14.3 Å². The van der Waals surface area contributed by atoms with Crippen LogP contribution in [0, 0.1) is 11.3 Å². The minimum absolute atomic E-state index is 0.0307. The molecule has 9 heteroatoms. The number of nitrogens with two attached hydrogens (primary N) is 2. The number of hydrogen-bond donors (Lipinski definition) is 2. The van der Waals surface area contributed by atoms with Crippen LogP contribution >= 0.6 is 11.3 Å². The molecule has 0 saturated heterocycles. The number of hydrogen-bond acceptors (Lipinski definition) is 7. The van der Waals surface area contributed by atoms with Crippen molar-refractivity contribution in [3.05, 3.63) is 84.8 Å². The number of carbonyl (C=O) groups is 1. The van der Waals surface area contributed by atoms with Crippen LogP contribution in [-0.2, 0) is 4.79 Å². The van der Waals surface area contributed by atoms with E-state index in [0.717, 1.165) is 16.9 Å². The van der Waals surface area contributed by atoms with Crippen LogP contribution in [0.1, 0.15) is 17.0 Å². The third-order valence-corrected chi connectivity index (χ3v) is 6.46. The van der Waals surface area contributed by atoms with Crippen LogP contribution in [0.4, 0.5) is 0 Å². The fourth-order valence-corrected chi connectivity index (χ4v) is 5.01. The molecule has 1 aliphatic heterocycles. The molecule has 166 valence electrons. The van der Waals surface area contributed by atoms with Gasteiger partial charge in [0.05, 0.1) is 41.9 Å². The molecule has 8 nitrogen and oxygen atoms in total. The van der Waals surface area contributed by atoms with Crippen LogP contribution in [0.3, 0.4) is 0 Å². The van der Waals surface area contributed by atoms with Gasteiger partial charge in [-0.3, -0.25) is 14.2 Å². The molecule has 0 fully saturated rings. The normalized spacial score (nSPS) is 15.7. The lowest BCUT2D eigenvalue weighted by Gasteiger charge is -2.24. The first kappa shape index (κ1) is 21.9. The molecule has 0 saturated carbocycles. The summed E-state index contributed by atoms with van der Waals surface area (Å²) in [4.78, 5) is 25.9. The molecular weight excluding hydrogens is 440 g/mol. The topological polar surface area (TPSA) is 133 Å². The molecule has 2 heterocycles. The highest BCUT2D eigenvalue weighted by molar-refractivity contribution is 7.07. The Bertz CT molecular complexity index is 1520. The molecule has 3 aromatic rings. The molecule has 0 radical (unpaired) electrons. The molecule has 0 bridgehead atoms. The van der Waals surface area contributed by atoms with Crippen LogP contribution < -0.4 is 35.7 Å². The zero-order valence-corrected chi connectivity index (χ0v) is 18.7. The van der Waals surface area contributed by atoms with E-state index in [0.29, 0.717) is 26.3 Å². The summed E-state index contributed by atoms with van der Waals surface area (Å²) in [7, 11) is 3.07. The molecule has 0 aliphatic carbocycles. The van der Waals surface area contributed by atoms with E-state index < -0.39 is 17.4 Å². The number of primary amides is 1. The number of nitriles is 1. The Kier molecular flexibility index (Phi) is 5.77. The van der Waals surface area contributed by atoms with Gasteiger partial charge in [-0.05, 0) is 41.5 Å². The second kappa shape index (κ2) is 8.68. The molecular formula is C24H20N4O4S. The number of thiazole rings is 1. The van der Waals surface area contributed by atoms with Crippen molar-refractivity contribution in [2.75, 3.05) is 14.2 Å². The summed E-state index contributed by atoms with van der Waals surface area (Å²) < 4.78 is 12.4. The minimum atomic E-state index is -0.828. The Morgan fingerprint density at radius 1 is 1.15 bits per heavy atom. The molecule has 1 aromatic heterocycles. The van der Waals surface area contributed by atoms with Crippen molar-refractivity contribution in [2.45, 2.75) is 5.92 Å². The standard InChI is InChI=1S/C24H20N4O4S/c1-31-15-7-3-5-13(9-15)10-18-23(30)28-21(26)17(12-25)19(20(22(27)29)24(28)33-18)14-6-4-8-16(11-14)32-2/h3-11,19H,26H2,1-2H3,(H2,27,29). The number of allylic oxidation sites excluding steroid dienone is 1. The highest BCUT2D eigenvalue weighted by atomic mass is 32.1. The predicted molar refractivity (Wildman–Crippen MR) is 126 cm³/mol. The third-order valence-electron chi connectivity index (χ3n) is 5.35. The summed E-state index contributed by atoms with van der Waals surface area (Å²) in [6.07, 6.45) is 1.68. The van der Waals surface area contributed by atoms with Gasteiger partial charge in [-0.25, -0.2) is 0 Å². The zero-order valence-electron chi connectivity index (χ0n) is 17.9. The minimum Gasteiger partial charge on any atom is -0.497 e. The van der Waals surface area contributed by atoms with E-state index >= 15 is 0 Å². The fraction of sp³-hybridized carbons (Fsp3) is 0.125. The molecule has 1 atom stereocenters. The molecule has 0 spiro atoms. The van der Waals surface area contributed by atoms with E-state index in [9.17, 15) is 14.9 Å². The smallest absolute Gasteiger partial charge is 0.274 e. The van der Waals surface area contributed by atoms with Crippen molar-refractivity contribution in [3.8, 4) is 17.6 Å². The van der Waals surface area contributed by atoms with E-state index in [2.05, 4.69) is 6.07 Å². The number of aromatic nitrogens is 1. The van der Waals surface area contributed by atoms with Crippen molar-refractivity contribution in [2.24, 2.45) is 11.5 Å². The van der Waals surface area contributed by atoms with Gasteiger partial charge in [0, 0.05) is 0 Å². The summed E-state index contributed by atoms with van der Waals surface area (Å²) >= 11 is 1.09. The van der Waals surface area contributed by atoms with E-state index in [1.54, 1.807) is 55.7 Å². The Balaban J connectivity index is 2.06. The van der Waals surface area contributed by atoms with Crippen LogP contribution in [0.5, 0.6) is 11.5 Å². The average Bonchev–Trinajstić information content (AvgIpc) is 3.14. The lowest BCUT2D eigenvalue weighted by molar-refractivity contribution is -0.113. The molecule has 33 heavy (non-hydrogen) atoms. The van der Waals surface area contributed by atoms with Crippen molar-refractivity contribution in [3.63, 3.8) is 0 Å². The SMILES string of the molecule is COc1cccc(C=c2sc3n(c2=O)C(N)=C(C#N)C(c2cccc(OC)c2)C=3C(N)=O)c1. The number of fused-ring (bicyclic) bond motifs is 1. The average molecular weight is 461 g/mol. The maximum atomic E-state index is 13.3. The molecule has 1 amide bonds. The van der Waals surface area contributed by atoms with Crippen molar-refractivity contribution in [1.82, 2.24) is 4.57 Å². The van der Waals surface area contributed by atoms with Gasteiger partial charge in [0.25, 0.3) is 5.56 Å². The van der Waals surface area contributed by atoms with Crippen LogP contribution in [0.2, 0.25) is 0 Å². The van der Waals surface area contributed by atoms with E-state index in [1.165, 1.54) is 11.7 Å². The number of rotatable bonds is 5. The van der Waals surface area contributed by atoms with Gasteiger partial charge in [0.15, 0.2) is 0 Å². The summed E-state index contributed by atoms with van der Waals surface area (Å²) in [6.45, 7) is 0. The number of benzene rings is 2. The van der Waals surface area contributed by atoms with Crippen LogP contribution in [0.25, 0.3) is 17.5 Å². The Hall–Kier alpha value is -4.29. The molecule has 2 aromatic carbocycles. The maximum absolute atomic E-state index is 13.3. The quantitative estimate of drug-likeness (QED) is 0.580. The summed E-state index contributed by atoms with van der Waals surface area (Å²) in [5.41, 5.74) is 13.2. The van der Waals surface area contributed by atoms with Gasteiger partial charge in [-0.2, -0.15) is 5.26 Å². The molecule has 1 aliphatic rings. The number of ether oxygens (including phenoxy) is 2. The maximum Gasteiger partial charge on any atom is 0.274 e. The lowest BCUT2D eigenvalue weighted by Crippen LogP contribution is -2.41. The second-order valence-corrected chi connectivity index (χ2v) is 8.26. The largest absolute Gasteiger partial charge is 0.497 e. The highest BCUT2D eigenvalue weighted by Gasteiger charge is 2.34. The zero-order chi connectivity index (χ0) is 23.7. The van der Waals surface area contributed by atoms with Gasteiger partial charge in [0.2, 0.25) is 5.91 Å². The number of nitrogens with zero attached hydrogens (tertiary/aromatic N) is 2. The molecule has 4 rings (SSSR count). The van der Waals surface area contributed by atoms with Gasteiger partial charge < -0.3 is 20.9 Å². The van der Waals surface area contributed by atoms with E-state index in [4.69, 9.17) is 20.9 Å². The highest BCUT2D eigenvalue weighted by Crippen LogP contribution is 2.36. The summed E-state index contributed by atoms with van der Waals surface area (Å²) in [5.74, 6) is -0.416. The Morgan fingerprint density at radius 3 is 2.45 bits per heavy atom. The fourth-order valence-electron chi connectivity index (χ4n) is 3.82. The third kappa shape index (κ3) is 3.77. The van der Waals surface area contributed by atoms with Gasteiger partial charge in [0.1, 0.15) is 22.0 Å². The van der Waals surface area contributed by atoms with Crippen LogP contribution in [0.15, 0.2) is 58.9 Å². The molecule has 4 N–H and O–H groups in total. The lowest BCUT2D eigenvalue weighted by atomic mass is 9.83.